The molecule has 0 heterocycles. The van der Waals surface area contributed by atoms with Gasteiger partial charge >= 0.3 is 0 Å². The zero-order chi connectivity index (χ0) is 12.5. The Labute approximate surface area is 106 Å². The minimum absolute atomic E-state index is 0.380. The summed E-state index contributed by atoms with van der Waals surface area (Å²) in [5, 5.41) is 11.1. The van der Waals surface area contributed by atoms with Crippen molar-refractivity contribution in [3.63, 3.8) is 0 Å². The molecule has 1 aliphatic rings. The molecule has 0 saturated heterocycles. The van der Waals surface area contributed by atoms with Crippen molar-refractivity contribution in [2.45, 2.75) is 43.5 Å². The highest BCUT2D eigenvalue weighted by Gasteiger charge is 2.39. The van der Waals surface area contributed by atoms with E-state index in [1.807, 2.05) is 12.1 Å². The molecule has 1 atom stereocenters. The molecule has 2 rings (SSSR count). The van der Waals surface area contributed by atoms with Gasteiger partial charge in [0.1, 0.15) is 6.17 Å². The van der Waals surface area contributed by atoms with Gasteiger partial charge in [0.15, 0.2) is 0 Å². The van der Waals surface area contributed by atoms with Crippen molar-refractivity contribution in [3.8, 4) is 0 Å². The summed E-state index contributed by atoms with van der Waals surface area (Å²) < 4.78 is 13.1. The molecule has 0 radical (unpaired) electrons. The molecule has 1 aromatic carbocycles. The Balaban J connectivity index is 2.16. The van der Waals surface area contributed by atoms with Crippen LogP contribution in [0.3, 0.4) is 0 Å². The summed E-state index contributed by atoms with van der Waals surface area (Å²) in [7, 11) is 0. The zero-order valence-corrected chi connectivity index (χ0v) is 10.3. The molecule has 2 nitrogen and oxygen atoms in total. The summed E-state index contributed by atoms with van der Waals surface area (Å²) in [6.45, 7) is 0. The van der Waals surface area contributed by atoms with Gasteiger partial charge in [0.25, 0.3) is 0 Å². The molecule has 0 amide bonds. The average Bonchev–Trinajstić information content (AvgIpc) is 2.32. The van der Waals surface area contributed by atoms with E-state index in [0.29, 0.717) is 30.7 Å². The fourth-order valence-corrected chi connectivity index (χ4v) is 2.60. The van der Waals surface area contributed by atoms with E-state index in [4.69, 9.17) is 17.3 Å². The van der Waals surface area contributed by atoms with Crippen molar-refractivity contribution in [1.29, 1.82) is 0 Å². The van der Waals surface area contributed by atoms with Crippen molar-refractivity contribution in [2.24, 2.45) is 5.73 Å². The number of hydrogen-bond acceptors (Lipinski definition) is 2. The molecule has 0 bridgehead atoms. The van der Waals surface area contributed by atoms with Gasteiger partial charge in [0.2, 0.25) is 0 Å². The molecule has 0 aliphatic heterocycles. The van der Waals surface area contributed by atoms with Crippen LogP contribution < -0.4 is 5.73 Å². The predicted octanol–water partition coefficient (Wildman–Crippen LogP) is 2.98. The minimum atomic E-state index is -1.01. The number of hydrogen-bond donors (Lipinski definition) is 2. The van der Waals surface area contributed by atoms with E-state index in [0.717, 1.165) is 5.56 Å². The second-order valence-electron chi connectivity index (χ2n) is 4.81. The summed E-state index contributed by atoms with van der Waals surface area (Å²) in [6, 6.07) is 6.66. The van der Waals surface area contributed by atoms with Crippen LogP contribution in [-0.2, 0) is 0 Å². The van der Waals surface area contributed by atoms with Crippen LogP contribution in [0.1, 0.15) is 37.3 Å². The Morgan fingerprint density at radius 1 is 1.41 bits per heavy atom. The summed E-state index contributed by atoms with van der Waals surface area (Å²) in [5.74, 6) is 0. The third-order valence-corrected chi connectivity index (χ3v) is 3.80. The lowest BCUT2D eigenvalue weighted by molar-refractivity contribution is -0.0363. The molecule has 17 heavy (non-hydrogen) atoms. The Hall–Kier alpha value is -0.640. The molecule has 1 fully saturated rings. The average molecular weight is 258 g/mol. The van der Waals surface area contributed by atoms with Crippen LogP contribution in [-0.4, -0.2) is 16.9 Å². The predicted molar refractivity (Wildman–Crippen MR) is 66.7 cm³/mol. The highest BCUT2D eigenvalue weighted by atomic mass is 35.5. The first kappa shape index (κ1) is 12.8. The fraction of sp³-hybridized carbons (Fsp3) is 0.538. The van der Waals surface area contributed by atoms with E-state index in [-0.39, 0.29) is 0 Å². The van der Waals surface area contributed by atoms with E-state index >= 15 is 0 Å². The zero-order valence-electron chi connectivity index (χ0n) is 9.57. The molecule has 1 saturated carbocycles. The van der Waals surface area contributed by atoms with E-state index < -0.39 is 17.8 Å². The highest BCUT2D eigenvalue weighted by molar-refractivity contribution is 6.30. The number of benzene rings is 1. The van der Waals surface area contributed by atoms with Gasteiger partial charge in [-0.15, -0.1) is 0 Å². The molecule has 94 valence electrons. The maximum absolute atomic E-state index is 13.1. The van der Waals surface area contributed by atoms with Crippen molar-refractivity contribution in [2.75, 3.05) is 0 Å². The third kappa shape index (κ3) is 2.79. The lowest BCUT2D eigenvalue weighted by Crippen LogP contribution is -2.44. The monoisotopic (exact) mass is 257 g/mol. The van der Waals surface area contributed by atoms with Crippen LogP contribution in [0.5, 0.6) is 0 Å². The Morgan fingerprint density at radius 2 is 2.06 bits per heavy atom. The SMILES string of the molecule is N[C@@H](c1cccc(Cl)c1)C1(O)CCC(F)CC1. The van der Waals surface area contributed by atoms with Gasteiger partial charge in [-0.05, 0) is 43.4 Å². The number of halogens is 2. The Morgan fingerprint density at radius 3 is 2.65 bits per heavy atom. The van der Waals surface area contributed by atoms with Crippen LogP contribution >= 0.6 is 11.6 Å². The summed E-state index contributed by atoms with van der Waals surface area (Å²) >= 11 is 5.90. The van der Waals surface area contributed by atoms with Gasteiger partial charge in [-0.2, -0.15) is 0 Å². The first-order valence-electron chi connectivity index (χ1n) is 5.89. The quantitative estimate of drug-likeness (QED) is 0.856. The van der Waals surface area contributed by atoms with Gasteiger partial charge < -0.3 is 10.8 Å². The maximum atomic E-state index is 13.1. The van der Waals surface area contributed by atoms with Crippen molar-refractivity contribution >= 4 is 11.6 Å². The Kier molecular flexibility index (Phi) is 3.71. The minimum Gasteiger partial charge on any atom is -0.388 e. The van der Waals surface area contributed by atoms with Crippen LogP contribution in [0.4, 0.5) is 4.39 Å². The topological polar surface area (TPSA) is 46.2 Å². The molecule has 1 aliphatic carbocycles. The summed E-state index contributed by atoms with van der Waals surface area (Å²) in [4.78, 5) is 0. The standard InChI is InChI=1S/C13H17ClFNO/c14-10-3-1-2-9(8-10)12(16)13(17)6-4-11(15)5-7-13/h1-3,8,11-12,17H,4-7,16H2/t11?,12-,13?/m0/s1. The number of aliphatic hydroxyl groups is 1. The lowest BCUT2D eigenvalue weighted by Gasteiger charge is -2.38. The second kappa shape index (κ2) is 4.92. The molecule has 3 N–H and O–H groups in total. The third-order valence-electron chi connectivity index (χ3n) is 3.57. The van der Waals surface area contributed by atoms with Gasteiger partial charge in [0, 0.05) is 5.02 Å². The maximum Gasteiger partial charge on any atom is 0.100 e. The van der Waals surface area contributed by atoms with Crippen LogP contribution in [0, 0.1) is 0 Å². The molecule has 0 spiro atoms. The van der Waals surface area contributed by atoms with Crippen LogP contribution in [0.2, 0.25) is 5.02 Å². The van der Waals surface area contributed by atoms with E-state index in [1.54, 1.807) is 12.1 Å². The normalized spacial score (nSPS) is 31.2. The van der Waals surface area contributed by atoms with Gasteiger partial charge in [-0.25, -0.2) is 4.39 Å². The molecular weight excluding hydrogens is 241 g/mol. The smallest absolute Gasteiger partial charge is 0.100 e. The van der Waals surface area contributed by atoms with Crippen molar-refractivity contribution in [1.82, 2.24) is 0 Å². The van der Waals surface area contributed by atoms with E-state index in [1.165, 1.54) is 0 Å². The van der Waals surface area contributed by atoms with E-state index in [9.17, 15) is 9.50 Å². The Bertz CT molecular complexity index is 391. The van der Waals surface area contributed by atoms with Crippen LogP contribution in [0.15, 0.2) is 24.3 Å². The van der Waals surface area contributed by atoms with Gasteiger partial charge in [-0.3, -0.25) is 0 Å². The van der Waals surface area contributed by atoms with E-state index in [2.05, 4.69) is 0 Å². The first-order chi connectivity index (χ1) is 8.01. The molecule has 1 aromatic rings. The largest absolute Gasteiger partial charge is 0.388 e. The summed E-state index contributed by atoms with van der Waals surface area (Å²) in [6.07, 6.45) is 0.765. The second-order valence-corrected chi connectivity index (χ2v) is 5.25. The summed E-state index contributed by atoms with van der Waals surface area (Å²) in [5.41, 5.74) is 5.88. The fourth-order valence-electron chi connectivity index (χ4n) is 2.40. The highest BCUT2D eigenvalue weighted by Crippen LogP contribution is 2.38. The van der Waals surface area contributed by atoms with Gasteiger partial charge in [-0.1, -0.05) is 23.7 Å². The van der Waals surface area contributed by atoms with Crippen molar-refractivity contribution in [3.05, 3.63) is 34.9 Å². The lowest BCUT2D eigenvalue weighted by atomic mass is 9.77. The van der Waals surface area contributed by atoms with Gasteiger partial charge in [0.05, 0.1) is 11.6 Å². The number of alkyl halides is 1. The molecular formula is C13H17ClFNO. The number of rotatable bonds is 2. The molecule has 0 aromatic heterocycles. The van der Waals surface area contributed by atoms with Crippen LogP contribution in [0.25, 0.3) is 0 Å². The molecule has 0 unspecified atom stereocenters. The molecule has 4 heteroatoms. The first-order valence-corrected chi connectivity index (χ1v) is 6.26. The van der Waals surface area contributed by atoms with Crippen molar-refractivity contribution < 1.29 is 9.50 Å². The number of nitrogens with two attached hydrogens (primary N) is 1.